The lowest BCUT2D eigenvalue weighted by molar-refractivity contribution is 0.0734. The van der Waals surface area contributed by atoms with Crippen molar-refractivity contribution in [2.45, 2.75) is 46.1 Å². The predicted molar refractivity (Wildman–Crippen MR) is 130 cm³/mol. The number of ketones is 1. The minimum atomic E-state index is -3.50. The van der Waals surface area contributed by atoms with Crippen LogP contribution >= 0.6 is 7.75 Å². The topological polar surface area (TPSA) is 85.3 Å². The smallest absolute Gasteiger partial charge is 0.408 e. The van der Waals surface area contributed by atoms with Gasteiger partial charge in [-0.15, -0.1) is 0 Å². The molecule has 0 saturated heterocycles. The van der Waals surface area contributed by atoms with Crippen LogP contribution in [0, 0.1) is 0 Å². The van der Waals surface area contributed by atoms with E-state index in [1.807, 2.05) is 37.3 Å². The number of aryl methyl sites for hydroxylation is 1. The average Bonchev–Trinajstić information content (AvgIpc) is 2.82. The summed E-state index contributed by atoms with van der Waals surface area (Å²) >= 11 is 0. The Labute approximate surface area is 197 Å². The van der Waals surface area contributed by atoms with Crippen LogP contribution in [0.1, 0.15) is 49.5 Å². The highest BCUT2D eigenvalue weighted by Gasteiger charge is 2.34. The first kappa shape index (κ1) is 27.2. The van der Waals surface area contributed by atoms with E-state index in [2.05, 4.69) is 0 Å². The maximum absolute atomic E-state index is 13.1. The van der Waals surface area contributed by atoms with Gasteiger partial charge in [-0.3, -0.25) is 13.8 Å². The van der Waals surface area contributed by atoms with Gasteiger partial charge in [-0.25, -0.2) is 9.24 Å². The quantitative estimate of drug-likeness (QED) is 0.265. The molecule has 0 radical (unpaired) electrons. The zero-order valence-electron chi connectivity index (χ0n) is 19.8. The van der Waals surface area contributed by atoms with Gasteiger partial charge in [0.05, 0.1) is 18.8 Å². The van der Waals surface area contributed by atoms with Gasteiger partial charge in [0.1, 0.15) is 18.5 Å². The summed E-state index contributed by atoms with van der Waals surface area (Å²) in [5.41, 5.74) is 1.59. The zero-order chi connectivity index (χ0) is 24.1. The van der Waals surface area contributed by atoms with Crippen LogP contribution < -0.4 is 4.74 Å². The maximum atomic E-state index is 13.1. The van der Waals surface area contributed by atoms with Crippen molar-refractivity contribution in [3.05, 3.63) is 65.7 Å². The molecule has 2 aromatic rings. The van der Waals surface area contributed by atoms with Crippen LogP contribution in [0.5, 0.6) is 5.75 Å². The third kappa shape index (κ3) is 8.69. The van der Waals surface area contributed by atoms with Crippen molar-refractivity contribution in [1.82, 2.24) is 4.67 Å². The van der Waals surface area contributed by atoms with E-state index < -0.39 is 13.9 Å². The second kappa shape index (κ2) is 14.3. The molecule has 1 unspecified atom stereocenters. The fourth-order valence-electron chi connectivity index (χ4n) is 3.44. The number of aliphatic hydroxyl groups is 1. The molecule has 0 heterocycles. The molecule has 0 spiro atoms. The standard InChI is InChI=1S/C25H36NO6P/c1-4-18-26(33(29,31-5-2)32-6-3)19-22(27)20-30-25-15-11-10-14-23(25)24(28)17-16-21-12-8-7-9-13-21/h7-15,22,27H,4-6,16-20H2,1-3H3. The van der Waals surface area contributed by atoms with E-state index in [1.54, 1.807) is 42.8 Å². The summed E-state index contributed by atoms with van der Waals surface area (Å²) in [6.07, 6.45) is 0.782. The summed E-state index contributed by atoms with van der Waals surface area (Å²) < 4.78 is 31.3. The number of hydrogen-bond donors (Lipinski definition) is 1. The largest absolute Gasteiger partial charge is 0.490 e. The molecule has 0 bridgehead atoms. The highest BCUT2D eigenvalue weighted by molar-refractivity contribution is 7.51. The maximum Gasteiger partial charge on any atom is 0.408 e. The number of benzene rings is 2. The number of ether oxygens (including phenoxy) is 1. The molecule has 182 valence electrons. The molecule has 2 aromatic carbocycles. The van der Waals surface area contributed by atoms with E-state index in [4.69, 9.17) is 13.8 Å². The summed E-state index contributed by atoms with van der Waals surface area (Å²) in [5, 5.41) is 10.6. The summed E-state index contributed by atoms with van der Waals surface area (Å²) in [4.78, 5) is 12.8. The molecule has 8 heteroatoms. The summed E-state index contributed by atoms with van der Waals surface area (Å²) in [6.45, 7) is 6.39. The minimum absolute atomic E-state index is 0.0197. The molecule has 1 N–H and O–H groups in total. The van der Waals surface area contributed by atoms with E-state index >= 15 is 0 Å². The Bertz CT molecular complexity index is 881. The summed E-state index contributed by atoms with van der Waals surface area (Å²) in [6, 6.07) is 16.9. The van der Waals surface area contributed by atoms with Crippen molar-refractivity contribution < 1.29 is 28.3 Å². The Balaban J connectivity index is 2.00. The highest BCUT2D eigenvalue weighted by atomic mass is 31.2. The monoisotopic (exact) mass is 477 g/mol. The first-order valence-corrected chi connectivity index (χ1v) is 13.0. The van der Waals surface area contributed by atoms with Crippen molar-refractivity contribution in [2.75, 3.05) is 32.9 Å². The fourth-order valence-corrected chi connectivity index (χ4v) is 5.33. The molecule has 0 aliphatic carbocycles. The molecule has 0 aliphatic rings. The van der Waals surface area contributed by atoms with Gasteiger partial charge >= 0.3 is 7.75 Å². The predicted octanol–water partition coefficient (Wildman–Crippen LogP) is 5.13. The van der Waals surface area contributed by atoms with Crippen LogP contribution in [0.2, 0.25) is 0 Å². The van der Waals surface area contributed by atoms with Gasteiger partial charge in [0.25, 0.3) is 0 Å². The van der Waals surface area contributed by atoms with Crippen LogP contribution in [-0.4, -0.2) is 54.6 Å². The van der Waals surface area contributed by atoms with Crippen LogP contribution in [-0.2, 0) is 20.0 Å². The molecule has 0 saturated carbocycles. The van der Waals surface area contributed by atoms with E-state index in [9.17, 15) is 14.5 Å². The number of carbonyl (C=O) groups excluding carboxylic acids is 1. The third-order valence-corrected chi connectivity index (χ3v) is 7.16. The molecule has 0 aromatic heterocycles. The molecular weight excluding hydrogens is 441 g/mol. The minimum Gasteiger partial charge on any atom is -0.490 e. The molecule has 7 nitrogen and oxygen atoms in total. The third-order valence-electron chi connectivity index (χ3n) is 4.94. The average molecular weight is 478 g/mol. The highest BCUT2D eigenvalue weighted by Crippen LogP contribution is 2.51. The summed E-state index contributed by atoms with van der Waals surface area (Å²) in [7, 11) is -3.50. The molecule has 1 atom stereocenters. The van der Waals surface area contributed by atoms with E-state index in [-0.39, 0.29) is 32.1 Å². The SMILES string of the molecule is CCCN(CC(O)COc1ccccc1C(=O)CCc1ccccc1)P(=O)(OCC)OCC. The Hall–Kier alpha value is -2.02. The van der Waals surface area contributed by atoms with Gasteiger partial charge in [0.15, 0.2) is 5.78 Å². The van der Waals surface area contributed by atoms with Crippen molar-refractivity contribution in [2.24, 2.45) is 0 Å². The lowest BCUT2D eigenvalue weighted by Gasteiger charge is -2.30. The Kier molecular flexibility index (Phi) is 11.8. The molecule has 0 amide bonds. The van der Waals surface area contributed by atoms with Crippen molar-refractivity contribution in [3.63, 3.8) is 0 Å². The first-order valence-electron chi connectivity index (χ1n) is 11.5. The number of nitrogens with zero attached hydrogens (tertiary/aromatic N) is 1. The number of Topliss-reactive ketones (excluding diaryl/α,β-unsaturated/α-hetero) is 1. The number of aliphatic hydroxyl groups excluding tert-OH is 1. The zero-order valence-corrected chi connectivity index (χ0v) is 20.7. The van der Waals surface area contributed by atoms with Crippen molar-refractivity contribution in [3.8, 4) is 5.75 Å². The molecule has 0 aliphatic heterocycles. The van der Waals surface area contributed by atoms with Crippen molar-refractivity contribution >= 4 is 13.5 Å². The van der Waals surface area contributed by atoms with Gasteiger partial charge in [-0.2, -0.15) is 0 Å². The lowest BCUT2D eigenvalue weighted by atomic mass is 10.0. The van der Waals surface area contributed by atoms with Crippen LogP contribution in [0.15, 0.2) is 54.6 Å². The van der Waals surface area contributed by atoms with Gasteiger partial charge < -0.3 is 9.84 Å². The van der Waals surface area contributed by atoms with Gasteiger partial charge in [-0.05, 0) is 44.4 Å². The number of para-hydroxylation sites is 1. The normalized spacial score (nSPS) is 12.6. The van der Waals surface area contributed by atoms with Gasteiger partial charge in [-0.1, -0.05) is 49.4 Å². The Morgan fingerprint density at radius 3 is 2.27 bits per heavy atom. The Morgan fingerprint density at radius 1 is 1.00 bits per heavy atom. The molecule has 0 fully saturated rings. The van der Waals surface area contributed by atoms with Crippen LogP contribution in [0.4, 0.5) is 0 Å². The number of carbonyl (C=O) groups is 1. The fraction of sp³-hybridized carbons (Fsp3) is 0.480. The lowest BCUT2D eigenvalue weighted by Crippen LogP contribution is -2.35. The van der Waals surface area contributed by atoms with Gasteiger partial charge in [0, 0.05) is 19.5 Å². The van der Waals surface area contributed by atoms with E-state index in [1.165, 1.54) is 0 Å². The van der Waals surface area contributed by atoms with Gasteiger partial charge in [0.2, 0.25) is 0 Å². The van der Waals surface area contributed by atoms with E-state index in [0.717, 1.165) is 12.0 Å². The Morgan fingerprint density at radius 2 is 1.64 bits per heavy atom. The molecule has 2 rings (SSSR count). The van der Waals surface area contributed by atoms with Crippen LogP contribution in [0.3, 0.4) is 0 Å². The van der Waals surface area contributed by atoms with Crippen LogP contribution in [0.25, 0.3) is 0 Å². The van der Waals surface area contributed by atoms with Crippen molar-refractivity contribution in [1.29, 1.82) is 0 Å². The number of rotatable bonds is 16. The number of hydrogen-bond acceptors (Lipinski definition) is 6. The molecular formula is C25H36NO6P. The summed E-state index contributed by atoms with van der Waals surface area (Å²) in [5.74, 6) is 0.406. The second-order valence-electron chi connectivity index (χ2n) is 7.59. The first-order chi connectivity index (χ1) is 15.9. The second-order valence-corrected chi connectivity index (χ2v) is 9.61. The van der Waals surface area contributed by atoms with E-state index in [0.29, 0.717) is 30.7 Å². The molecule has 33 heavy (non-hydrogen) atoms.